The molecule has 2 heterocycles. The van der Waals surface area contributed by atoms with E-state index in [4.69, 9.17) is 18.7 Å². The SMILES string of the molecule is CCOC(=O)c1noc([C@@H]2C[C@@H](OC)C[C@@H](C(C)(C)C)O2)c1C. The van der Waals surface area contributed by atoms with E-state index < -0.39 is 5.97 Å². The van der Waals surface area contributed by atoms with E-state index in [0.29, 0.717) is 24.4 Å². The van der Waals surface area contributed by atoms with Gasteiger partial charge in [-0.1, -0.05) is 25.9 Å². The van der Waals surface area contributed by atoms with Gasteiger partial charge >= 0.3 is 5.97 Å². The molecule has 1 aliphatic heterocycles. The molecule has 0 N–H and O–H groups in total. The number of hydrogen-bond acceptors (Lipinski definition) is 6. The molecule has 0 amide bonds. The van der Waals surface area contributed by atoms with Gasteiger partial charge in [-0.05, 0) is 19.3 Å². The smallest absolute Gasteiger partial charge is 0.360 e. The summed E-state index contributed by atoms with van der Waals surface area (Å²) in [4.78, 5) is 11.9. The third-order valence-electron chi connectivity index (χ3n) is 4.30. The molecule has 2 rings (SSSR count). The molecule has 1 saturated heterocycles. The van der Waals surface area contributed by atoms with Gasteiger partial charge < -0.3 is 18.7 Å². The summed E-state index contributed by atoms with van der Waals surface area (Å²) in [6, 6.07) is 0. The standard InChI is InChI=1S/C17H27NO5/c1-7-21-16(19)14-10(2)15(23-18-14)12-8-11(20-6)9-13(22-12)17(3,4)5/h11-13H,7-9H2,1-6H3/t11-,12+,13+/m1/s1. The minimum Gasteiger partial charge on any atom is -0.461 e. The van der Waals surface area contributed by atoms with Crippen molar-refractivity contribution in [3.8, 4) is 0 Å². The summed E-state index contributed by atoms with van der Waals surface area (Å²) in [6.07, 6.45) is 1.39. The summed E-state index contributed by atoms with van der Waals surface area (Å²) in [7, 11) is 1.71. The van der Waals surface area contributed by atoms with E-state index in [2.05, 4.69) is 25.9 Å². The molecule has 0 aliphatic carbocycles. The second kappa shape index (κ2) is 7.01. The predicted molar refractivity (Wildman–Crippen MR) is 84.3 cm³/mol. The van der Waals surface area contributed by atoms with Crippen molar-refractivity contribution in [1.29, 1.82) is 0 Å². The lowest BCUT2D eigenvalue weighted by atomic mass is 9.82. The highest BCUT2D eigenvalue weighted by molar-refractivity contribution is 5.88. The monoisotopic (exact) mass is 325 g/mol. The Labute approximate surface area is 137 Å². The van der Waals surface area contributed by atoms with E-state index in [1.165, 1.54) is 0 Å². The van der Waals surface area contributed by atoms with Crippen LogP contribution in [0.15, 0.2) is 4.52 Å². The van der Waals surface area contributed by atoms with Gasteiger partial charge in [0.05, 0.1) is 18.8 Å². The van der Waals surface area contributed by atoms with Gasteiger partial charge in [0.2, 0.25) is 0 Å². The molecular formula is C17H27NO5. The maximum absolute atomic E-state index is 11.9. The van der Waals surface area contributed by atoms with E-state index in [9.17, 15) is 4.79 Å². The fraction of sp³-hybridized carbons (Fsp3) is 0.765. The molecule has 130 valence electrons. The molecule has 6 nitrogen and oxygen atoms in total. The molecule has 0 saturated carbocycles. The highest BCUT2D eigenvalue weighted by Gasteiger charge is 2.39. The van der Waals surface area contributed by atoms with Crippen LogP contribution in [0.2, 0.25) is 0 Å². The zero-order valence-electron chi connectivity index (χ0n) is 14.8. The summed E-state index contributed by atoms with van der Waals surface area (Å²) >= 11 is 0. The molecule has 0 radical (unpaired) electrons. The Hall–Kier alpha value is -1.40. The fourth-order valence-corrected chi connectivity index (χ4v) is 2.84. The van der Waals surface area contributed by atoms with Crippen LogP contribution in [0.4, 0.5) is 0 Å². The van der Waals surface area contributed by atoms with Gasteiger partial charge in [-0.2, -0.15) is 0 Å². The lowest BCUT2D eigenvalue weighted by Gasteiger charge is -2.40. The van der Waals surface area contributed by atoms with Crippen molar-refractivity contribution in [3.05, 3.63) is 17.0 Å². The minimum absolute atomic E-state index is 0.00660. The number of aromatic nitrogens is 1. The van der Waals surface area contributed by atoms with Crippen molar-refractivity contribution in [1.82, 2.24) is 5.16 Å². The largest absolute Gasteiger partial charge is 0.461 e. The zero-order valence-corrected chi connectivity index (χ0v) is 14.8. The van der Waals surface area contributed by atoms with Gasteiger partial charge in [0, 0.05) is 25.5 Å². The van der Waals surface area contributed by atoms with Gasteiger partial charge in [-0.25, -0.2) is 4.79 Å². The maximum atomic E-state index is 11.9. The third kappa shape index (κ3) is 3.93. The Balaban J connectivity index is 2.24. The first-order valence-corrected chi connectivity index (χ1v) is 8.09. The summed E-state index contributed by atoms with van der Waals surface area (Å²) in [6.45, 7) is 10.3. The number of methoxy groups -OCH3 is 1. The quantitative estimate of drug-likeness (QED) is 0.790. The maximum Gasteiger partial charge on any atom is 0.360 e. The van der Waals surface area contributed by atoms with Gasteiger partial charge in [-0.3, -0.25) is 0 Å². The van der Waals surface area contributed by atoms with Crippen LogP contribution in [0, 0.1) is 12.3 Å². The summed E-state index contributed by atoms with van der Waals surface area (Å²) in [5, 5.41) is 3.88. The summed E-state index contributed by atoms with van der Waals surface area (Å²) in [5.74, 6) is 0.121. The van der Waals surface area contributed by atoms with Gasteiger partial charge in [0.1, 0.15) is 6.10 Å². The molecule has 1 fully saturated rings. The molecule has 0 spiro atoms. The Kier molecular flexibility index (Phi) is 5.47. The number of rotatable bonds is 4. The average molecular weight is 325 g/mol. The normalized spacial score (nSPS) is 25.4. The van der Waals surface area contributed by atoms with Gasteiger partial charge in [0.15, 0.2) is 11.5 Å². The highest BCUT2D eigenvalue weighted by Crippen LogP contribution is 2.40. The number of carbonyl (C=O) groups is 1. The van der Waals surface area contributed by atoms with Crippen LogP contribution in [-0.2, 0) is 14.2 Å². The molecule has 1 aromatic heterocycles. The summed E-state index contributed by atoms with van der Waals surface area (Å²) in [5.41, 5.74) is 0.892. The van der Waals surface area contributed by atoms with E-state index in [0.717, 1.165) is 6.42 Å². The molecular weight excluding hydrogens is 298 g/mol. The molecule has 0 bridgehead atoms. The van der Waals surface area contributed by atoms with E-state index >= 15 is 0 Å². The first-order valence-electron chi connectivity index (χ1n) is 8.09. The third-order valence-corrected chi connectivity index (χ3v) is 4.30. The molecule has 6 heteroatoms. The van der Waals surface area contributed by atoms with Crippen molar-refractivity contribution in [2.24, 2.45) is 5.41 Å². The van der Waals surface area contributed by atoms with Crippen LogP contribution in [0.1, 0.15) is 68.5 Å². The van der Waals surface area contributed by atoms with Crippen molar-refractivity contribution in [2.45, 2.75) is 65.8 Å². The Morgan fingerprint density at radius 1 is 1.35 bits per heavy atom. The number of ether oxygens (including phenoxy) is 3. The number of carbonyl (C=O) groups excluding carboxylic acids is 1. The fourth-order valence-electron chi connectivity index (χ4n) is 2.84. The van der Waals surface area contributed by atoms with E-state index in [-0.39, 0.29) is 29.4 Å². The van der Waals surface area contributed by atoms with Crippen LogP contribution in [0.3, 0.4) is 0 Å². The number of hydrogen-bond donors (Lipinski definition) is 0. The first-order chi connectivity index (χ1) is 10.8. The molecule has 1 aliphatic rings. The van der Waals surface area contributed by atoms with Crippen LogP contribution < -0.4 is 0 Å². The molecule has 0 aromatic carbocycles. The average Bonchev–Trinajstić information content (AvgIpc) is 2.88. The zero-order chi connectivity index (χ0) is 17.2. The predicted octanol–water partition coefficient (Wildman–Crippen LogP) is 3.44. The van der Waals surface area contributed by atoms with E-state index in [1.54, 1.807) is 14.0 Å². The van der Waals surface area contributed by atoms with Crippen LogP contribution >= 0.6 is 0 Å². The molecule has 3 atom stereocenters. The van der Waals surface area contributed by atoms with Crippen molar-refractivity contribution >= 4 is 5.97 Å². The number of nitrogens with zero attached hydrogens (tertiary/aromatic N) is 1. The second-order valence-corrected chi connectivity index (χ2v) is 7.05. The molecule has 23 heavy (non-hydrogen) atoms. The first kappa shape index (κ1) is 17.9. The van der Waals surface area contributed by atoms with Crippen LogP contribution in [-0.4, -0.2) is 37.1 Å². The molecule has 1 aromatic rings. The Morgan fingerprint density at radius 3 is 2.61 bits per heavy atom. The van der Waals surface area contributed by atoms with Crippen molar-refractivity contribution < 1.29 is 23.5 Å². The van der Waals surface area contributed by atoms with Crippen LogP contribution in [0.25, 0.3) is 0 Å². The summed E-state index contributed by atoms with van der Waals surface area (Å²) < 4.78 is 22.2. The Morgan fingerprint density at radius 2 is 2.04 bits per heavy atom. The minimum atomic E-state index is -0.466. The highest BCUT2D eigenvalue weighted by atomic mass is 16.5. The van der Waals surface area contributed by atoms with Crippen molar-refractivity contribution in [2.75, 3.05) is 13.7 Å². The topological polar surface area (TPSA) is 70.8 Å². The van der Waals surface area contributed by atoms with Crippen LogP contribution in [0.5, 0.6) is 0 Å². The number of esters is 1. The van der Waals surface area contributed by atoms with Crippen molar-refractivity contribution in [3.63, 3.8) is 0 Å². The lowest BCUT2D eigenvalue weighted by Crippen LogP contribution is -2.40. The van der Waals surface area contributed by atoms with E-state index in [1.807, 2.05) is 6.92 Å². The molecule has 0 unspecified atom stereocenters. The van der Waals surface area contributed by atoms with Gasteiger partial charge in [-0.15, -0.1) is 0 Å². The Bertz CT molecular complexity index is 546. The second-order valence-electron chi connectivity index (χ2n) is 7.05. The lowest BCUT2D eigenvalue weighted by molar-refractivity contribution is -0.150. The van der Waals surface area contributed by atoms with Gasteiger partial charge in [0.25, 0.3) is 0 Å².